The largest absolute Gasteiger partial charge is 0.485 e. The smallest absolute Gasteiger partial charge is 0.126 e. The average Bonchev–Trinajstić information content (AvgIpc) is 2.49. The molecule has 0 aliphatic carbocycles. The van der Waals surface area contributed by atoms with E-state index in [0.717, 1.165) is 55.5 Å². The molecule has 1 aromatic carbocycles. The highest BCUT2D eigenvalue weighted by molar-refractivity contribution is 6.30. The molecule has 2 aliphatic heterocycles. The quantitative estimate of drug-likeness (QED) is 0.770. The van der Waals surface area contributed by atoms with Gasteiger partial charge >= 0.3 is 0 Å². The van der Waals surface area contributed by atoms with E-state index in [1.165, 1.54) is 0 Å². The average molecular weight is 254 g/mol. The minimum absolute atomic E-state index is 0.0999. The summed E-state index contributed by atoms with van der Waals surface area (Å²) in [6.45, 7) is 3.26. The van der Waals surface area contributed by atoms with Crippen LogP contribution in [0.3, 0.4) is 0 Å². The van der Waals surface area contributed by atoms with Gasteiger partial charge in [0.15, 0.2) is 0 Å². The molecule has 4 heteroatoms. The first-order valence-electron chi connectivity index (χ1n) is 6.03. The highest BCUT2D eigenvalue weighted by Crippen LogP contribution is 2.33. The standard InChI is InChI=1S/C13H16ClNO2/c14-11-1-2-12-10(7-11)8-15-9-13(17-12)3-5-16-6-4-13/h1-2,7,15H,3-6,8-9H2. The van der Waals surface area contributed by atoms with Crippen LogP contribution < -0.4 is 10.1 Å². The second kappa shape index (κ2) is 4.48. The maximum Gasteiger partial charge on any atom is 0.126 e. The van der Waals surface area contributed by atoms with Crippen LogP contribution in [0.4, 0.5) is 0 Å². The van der Waals surface area contributed by atoms with E-state index in [2.05, 4.69) is 5.32 Å². The van der Waals surface area contributed by atoms with E-state index in [1.54, 1.807) is 0 Å². The summed E-state index contributed by atoms with van der Waals surface area (Å²) in [4.78, 5) is 0. The molecule has 0 atom stereocenters. The maximum atomic E-state index is 6.24. The fourth-order valence-electron chi connectivity index (χ4n) is 2.50. The lowest BCUT2D eigenvalue weighted by atomic mass is 9.94. The van der Waals surface area contributed by atoms with Gasteiger partial charge in [-0.15, -0.1) is 0 Å². The fourth-order valence-corrected chi connectivity index (χ4v) is 2.70. The third-order valence-electron chi connectivity index (χ3n) is 3.52. The van der Waals surface area contributed by atoms with Crippen LogP contribution in [-0.4, -0.2) is 25.4 Å². The lowest BCUT2D eigenvalue weighted by Gasteiger charge is -2.36. The molecule has 2 heterocycles. The number of rotatable bonds is 0. The third-order valence-corrected chi connectivity index (χ3v) is 3.75. The van der Waals surface area contributed by atoms with Gasteiger partial charge in [-0.1, -0.05) is 11.6 Å². The topological polar surface area (TPSA) is 30.5 Å². The normalized spacial score (nSPS) is 22.6. The Labute approximate surface area is 106 Å². The Kier molecular flexibility index (Phi) is 2.99. The van der Waals surface area contributed by atoms with Gasteiger partial charge in [0.2, 0.25) is 0 Å². The molecule has 2 aliphatic rings. The Morgan fingerprint density at radius 3 is 2.88 bits per heavy atom. The molecule has 1 aromatic rings. The van der Waals surface area contributed by atoms with Gasteiger partial charge in [0.25, 0.3) is 0 Å². The van der Waals surface area contributed by atoms with Crippen molar-refractivity contribution in [3.8, 4) is 5.75 Å². The summed E-state index contributed by atoms with van der Waals surface area (Å²) < 4.78 is 11.7. The summed E-state index contributed by atoms with van der Waals surface area (Å²) in [5.74, 6) is 0.960. The Bertz CT molecular complexity index is 416. The molecule has 17 heavy (non-hydrogen) atoms. The summed E-state index contributed by atoms with van der Waals surface area (Å²) in [5.41, 5.74) is 1.04. The number of ether oxygens (including phenoxy) is 2. The van der Waals surface area contributed by atoms with Gasteiger partial charge in [0.05, 0.1) is 13.2 Å². The summed E-state index contributed by atoms with van der Waals surface area (Å²) in [6.07, 6.45) is 1.89. The molecular weight excluding hydrogens is 238 g/mol. The summed E-state index contributed by atoms with van der Waals surface area (Å²) in [6, 6.07) is 5.84. The van der Waals surface area contributed by atoms with E-state index >= 15 is 0 Å². The molecule has 1 saturated heterocycles. The first kappa shape index (κ1) is 11.3. The summed E-state index contributed by atoms with van der Waals surface area (Å²) in [7, 11) is 0. The van der Waals surface area contributed by atoms with Crippen molar-refractivity contribution in [1.82, 2.24) is 5.32 Å². The SMILES string of the molecule is Clc1ccc2c(c1)CNCC1(CCOCC1)O2. The van der Waals surface area contributed by atoms with Crippen LogP contribution in [-0.2, 0) is 11.3 Å². The molecule has 0 unspecified atom stereocenters. The fraction of sp³-hybridized carbons (Fsp3) is 0.538. The van der Waals surface area contributed by atoms with E-state index in [1.807, 2.05) is 18.2 Å². The van der Waals surface area contributed by atoms with E-state index in [-0.39, 0.29) is 5.60 Å². The van der Waals surface area contributed by atoms with Crippen molar-refractivity contribution < 1.29 is 9.47 Å². The van der Waals surface area contributed by atoms with Crippen LogP contribution in [0.5, 0.6) is 5.75 Å². The Hall–Kier alpha value is -0.770. The van der Waals surface area contributed by atoms with Crippen LogP contribution in [0.25, 0.3) is 0 Å². The maximum absolute atomic E-state index is 6.24. The predicted octanol–water partition coefficient (Wildman–Crippen LogP) is 2.37. The van der Waals surface area contributed by atoms with Crippen LogP contribution >= 0.6 is 11.6 Å². The molecule has 0 bridgehead atoms. The van der Waals surface area contributed by atoms with Crippen molar-refractivity contribution in [1.29, 1.82) is 0 Å². The van der Waals surface area contributed by atoms with E-state index in [9.17, 15) is 0 Å². The molecule has 0 radical (unpaired) electrons. The van der Waals surface area contributed by atoms with E-state index in [0.29, 0.717) is 0 Å². The highest BCUT2D eigenvalue weighted by atomic mass is 35.5. The van der Waals surface area contributed by atoms with E-state index < -0.39 is 0 Å². The number of halogens is 1. The van der Waals surface area contributed by atoms with Crippen molar-refractivity contribution in [2.24, 2.45) is 0 Å². The van der Waals surface area contributed by atoms with Gasteiger partial charge in [-0.05, 0) is 18.2 Å². The second-order valence-corrected chi connectivity index (χ2v) is 5.19. The Morgan fingerprint density at radius 2 is 2.06 bits per heavy atom. The third kappa shape index (κ3) is 2.28. The summed E-state index contributed by atoms with van der Waals surface area (Å²) in [5, 5.41) is 4.21. The Balaban J connectivity index is 1.90. The zero-order chi connectivity index (χ0) is 11.7. The van der Waals surface area contributed by atoms with Crippen molar-refractivity contribution in [3.63, 3.8) is 0 Å². The van der Waals surface area contributed by atoms with Crippen molar-refractivity contribution in [2.45, 2.75) is 25.0 Å². The zero-order valence-electron chi connectivity index (χ0n) is 9.67. The minimum atomic E-state index is -0.0999. The molecule has 0 aromatic heterocycles. The molecular formula is C13H16ClNO2. The van der Waals surface area contributed by atoms with Crippen molar-refractivity contribution in [3.05, 3.63) is 28.8 Å². The number of nitrogens with one attached hydrogen (secondary N) is 1. The Morgan fingerprint density at radius 1 is 1.24 bits per heavy atom. The first-order valence-corrected chi connectivity index (χ1v) is 6.41. The van der Waals surface area contributed by atoms with Crippen LogP contribution in [0.1, 0.15) is 18.4 Å². The molecule has 0 saturated carbocycles. The molecule has 92 valence electrons. The van der Waals surface area contributed by atoms with Gasteiger partial charge < -0.3 is 14.8 Å². The first-order chi connectivity index (χ1) is 8.27. The van der Waals surface area contributed by atoms with Crippen LogP contribution in [0.15, 0.2) is 18.2 Å². The van der Waals surface area contributed by atoms with Gasteiger partial charge in [-0.25, -0.2) is 0 Å². The summed E-state index contributed by atoms with van der Waals surface area (Å²) >= 11 is 6.00. The number of hydrogen-bond donors (Lipinski definition) is 1. The molecule has 3 nitrogen and oxygen atoms in total. The molecule has 0 amide bonds. The lowest BCUT2D eigenvalue weighted by molar-refractivity contribution is -0.0420. The van der Waals surface area contributed by atoms with Gasteiger partial charge in [0.1, 0.15) is 11.4 Å². The van der Waals surface area contributed by atoms with Gasteiger partial charge in [-0.3, -0.25) is 0 Å². The monoisotopic (exact) mass is 253 g/mol. The highest BCUT2D eigenvalue weighted by Gasteiger charge is 2.36. The second-order valence-electron chi connectivity index (χ2n) is 4.75. The van der Waals surface area contributed by atoms with Crippen molar-refractivity contribution >= 4 is 11.6 Å². The molecule has 1 spiro atoms. The molecule has 3 rings (SSSR count). The van der Waals surface area contributed by atoms with Gasteiger partial charge in [-0.2, -0.15) is 0 Å². The number of benzene rings is 1. The predicted molar refractivity (Wildman–Crippen MR) is 66.6 cm³/mol. The van der Waals surface area contributed by atoms with Crippen LogP contribution in [0, 0.1) is 0 Å². The molecule has 1 N–H and O–H groups in total. The minimum Gasteiger partial charge on any atom is -0.485 e. The molecule has 1 fully saturated rings. The number of fused-ring (bicyclic) bond motifs is 1. The van der Waals surface area contributed by atoms with Gasteiger partial charge in [0, 0.05) is 36.5 Å². The van der Waals surface area contributed by atoms with Crippen molar-refractivity contribution in [2.75, 3.05) is 19.8 Å². The number of hydrogen-bond acceptors (Lipinski definition) is 3. The van der Waals surface area contributed by atoms with Crippen LogP contribution in [0.2, 0.25) is 5.02 Å². The van der Waals surface area contributed by atoms with E-state index in [4.69, 9.17) is 21.1 Å². The lowest BCUT2D eigenvalue weighted by Crippen LogP contribution is -2.48. The zero-order valence-corrected chi connectivity index (χ0v) is 10.4.